The van der Waals surface area contributed by atoms with E-state index >= 15 is 0 Å². The molecule has 1 aliphatic rings. The van der Waals surface area contributed by atoms with Crippen molar-refractivity contribution in [3.8, 4) is 5.75 Å². The van der Waals surface area contributed by atoms with Gasteiger partial charge in [-0.2, -0.15) is 0 Å². The average Bonchev–Trinajstić information content (AvgIpc) is 3.40. The highest BCUT2D eigenvalue weighted by atomic mass is 16.5. The predicted molar refractivity (Wildman–Crippen MR) is 168 cm³/mol. The molecule has 0 aromatic heterocycles. The lowest BCUT2D eigenvalue weighted by molar-refractivity contribution is -0.132. The van der Waals surface area contributed by atoms with Crippen molar-refractivity contribution < 1.29 is 24.2 Å². The summed E-state index contributed by atoms with van der Waals surface area (Å²) in [6.45, 7) is 8.72. The van der Waals surface area contributed by atoms with Crippen LogP contribution in [0.4, 0.5) is 0 Å². The van der Waals surface area contributed by atoms with Gasteiger partial charge in [-0.05, 0) is 68.8 Å². The van der Waals surface area contributed by atoms with E-state index in [0.29, 0.717) is 58.3 Å². The normalized spacial score (nSPS) is 15.4. The summed E-state index contributed by atoms with van der Waals surface area (Å²) < 4.78 is 5.91. The Morgan fingerprint density at radius 1 is 1.02 bits per heavy atom. The molecule has 1 heterocycles. The summed E-state index contributed by atoms with van der Waals surface area (Å²) >= 11 is 0. The maximum absolute atomic E-state index is 13.6. The average molecular weight is 595 g/mol. The van der Waals surface area contributed by atoms with E-state index in [4.69, 9.17) is 4.74 Å². The summed E-state index contributed by atoms with van der Waals surface area (Å²) in [6.07, 6.45) is 3.20. The summed E-state index contributed by atoms with van der Waals surface area (Å²) in [4.78, 5) is 42.8. The molecule has 1 aliphatic heterocycles. The largest absolute Gasteiger partial charge is 0.489 e. The van der Waals surface area contributed by atoms with Gasteiger partial charge in [0, 0.05) is 39.0 Å². The number of rotatable bonds is 18. The maximum atomic E-state index is 13.6. The van der Waals surface area contributed by atoms with Crippen LogP contribution in [0.25, 0.3) is 0 Å². The molecule has 0 bridgehead atoms. The van der Waals surface area contributed by atoms with Crippen LogP contribution in [-0.4, -0.2) is 84.0 Å². The molecule has 3 amide bonds. The van der Waals surface area contributed by atoms with Crippen LogP contribution in [0.3, 0.4) is 0 Å². The maximum Gasteiger partial charge on any atom is 0.242 e. The SMILES string of the molecule is CC(C)C[C@@H](C(=O)NC(Cc1ccc(OCc2ccccc2)cc1)C(=O)NCCCN1CCCC1=O)N(C)CC[C@@H](C)O. The van der Waals surface area contributed by atoms with E-state index in [1.165, 1.54) is 0 Å². The number of aliphatic hydroxyl groups is 1. The molecule has 1 unspecified atom stereocenters. The van der Waals surface area contributed by atoms with E-state index in [9.17, 15) is 19.5 Å². The van der Waals surface area contributed by atoms with Crippen LogP contribution in [0.5, 0.6) is 5.75 Å². The van der Waals surface area contributed by atoms with Gasteiger partial charge in [-0.3, -0.25) is 19.3 Å². The standard InChI is InChI=1S/C34H50N4O5/c1-25(2)22-31(37(4)21-17-26(3)39)34(42)36-30(33(41)35-18-9-20-38-19-8-12-32(38)40)23-27-13-15-29(16-14-27)43-24-28-10-6-5-7-11-28/h5-7,10-11,13-16,25-26,30-31,39H,8-9,12,17-24H2,1-4H3,(H,35,41)(H,36,42)/t26-,30?,31+/m1/s1. The summed E-state index contributed by atoms with van der Waals surface area (Å²) in [7, 11) is 1.89. The molecule has 3 atom stereocenters. The summed E-state index contributed by atoms with van der Waals surface area (Å²) in [5.41, 5.74) is 1.98. The fourth-order valence-electron chi connectivity index (χ4n) is 5.20. The first kappa shape index (κ1) is 34.1. The van der Waals surface area contributed by atoms with Crippen LogP contribution in [0.2, 0.25) is 0 Å². The van der Waals surface area contributed by atoms with Gasteiger partial charge in [0.15, 0.2) is 0 Å². The highest BCUT2D eigenvalue weighted by Crippen LogP contribution is 2.17. The van der Waals surface area contributed by atoms with Gasteiger partial charge in [-0.1, -0.05) is 56.3 Å². The fourth-order valence-corrected chi connectivity index (χ4v) is 5.20. The second-order valence-electron chi connectivity index (χ2n) is 12.1. The third-order valence-electron chi connectivity index (χ3n) is 7.75. The van der Waals surface area contributed by atoms with Gasteiger partial charge < -0.3 is 25.4 Å². The lowest BCUT2D eigenvalue weighted by atomic mass is 10.00. The van der Waals surface area contributed by atoms with Crippen molar-refractivity contribution >= 4 is 17.7 Å². The molecule has 3 N–H and O–H groups in total. The Labute approximate surface area is 257 Å². The molecular weight excluding hydrogens is 544 g/mol. The molecule has 0 spiro atoms. The predicted octanol–water partition coefficient (Wildman–Crippen LogP) is 3.54. The molecule has 9 heteroatoms. The van der Waals surface area contributed by atoms with Crippen LogP contribution in [0.15, 0.2) is 54.6 Å². The van der Waals surface area contributed by atoms with Crippen molar-refractivity contribution in [1.29, 1.82) is 0 Å². The van der Waals surface area contributed by atoms with E-state index in [0.717, 1.165) is 29.8 Å². The van der Waals surface area contributed by atoms with Crippen molar-refractivity contribution in [2.24, 2.45) is 5.92 Å². The highest BCUT2D eigenvalue weighted by Gasteiger charge is 2.29. The number of likely N-dealkylation sites (tertiary alicyclic amines) is 1. The Kier molecular flexibility index (Phi) is 14.0. The van der Waals surface area contributed by atoms with Crippen LogP contribution in [-0.2, 0) is 27.4 Å². The molecule has 0 radical (unpaired) electrons. The zero-order valence-electron chi connectivity index (χ0n) is 26.3. The van der Waals surface area contributed by atoms with Gasteiger partial charge in [-0.15, -0.1) is 0 Å². The molecule has 0 saturated carbocycles. The number of carbonyl (C=O) groups excluding carboxylic acids is 3. The quantitative estimate of drug-likeness (QED) is 0.228. The highest BCUT2D eigenvalue weighted by molar-refractivity contribution is 5.90. The molecule has 43 heavy (non-hydrogen) atoms. The van der Waals surface area contributed by atoms with E-state index in [1.807, 2.05) is 71.4 Å². The van der Waals surface area contributed by atoms with Gasteiger partial charge >= 0.3 is 0 Å². The lowest BCUT2D eigenvalue weighted by Crippen LogP contribution is -2.54. The van der Waals surface area contributed by atoms with Gasteiger partial charge in [-0.25, -0.2) is 0 Å². The smallest absolute Gasteiger partial charge is 0.242 e. The van der Waals surface area contributed by atoms with E-state index < -0.39 is 18.2 Å². The number of likely N-dealkylation sites (N-methyl/N-ethyl adjacent to an activating group) is 1. The Morgan fingerprint density at radius 3 is 2.37 bits per heavy atom. The number of nitrogens with one attached hydrogen (secondary N) is 2. The molecule has 2 aromatic rings. The van der Waals surface area contributed by atoms with E-state index in [2.05, 4.69) is 24.5 Å². The van der Waals surface area contributed by atoms with Gasteiger partial charge in [0.25, 0.3) is 0 Å². The number of ether oxygens (including phenoxy) is 1. The minimum Gasteiger partial charge on any atom is -0.489 e. The number of benzene rings is 2. The number of amides is 3. The van der Waals surface area contributed by atoms with Gasteiger partial charge in [0.1, 0.15) is 18.4 Å². The minimum atomic E-state index is -0.767. The third-order valence-corrected chi connectivity index (χ3v) is 7.75. The molecule has 1 fully saturated rings. The fraction of sp³-hybridized carbons (Fsp3) is 0.559. The Bertz CT molecular complexity index is 1140. The topological polar surface area (TPSA) is 111 Å². The Morgan fingerprint density at radius 2 is 1.74 bits per heavy atom. The van der Waals surface area contributed by atoms with Crippen LogP contribution < -0.4 is 15.4 Å². The molecular formula is C34H50N4O5. The number of hydrogen-bond acceptors (Lipinski definition) is 6. The molecule has 3 rings (SSSR count). The van der Waals surface area contributed by atoms with Crippen LogP contribution in [0, 0.1) is 5.92 Å². The van der Waals surface area contributed by atoms with Crippen molar-refractivity contribution in [2.75, 3.05) is 33.2 Å². The monoisotopic (exact) mass is 594 g/mol. The zero-order chi connectivity index (χ0) is 31.2. The van der Waals surface area contributed by atoms with Crippen molar-refractivity contribution in [2.45, 2.75) is 84.1 Å². The first-order chi connectivity index (χ1) is 20.6. The Hall–Kier alpha value is -3.43. The van der Waals surface area contributed by atoms with E-state index in [-0.39, 0.29) is 23.6 Å². The summed E-state index contributed by atoms with van der Waals surface area (Å²) in [6, 6.07) is 16.4. The second-order valence-corrected chi connectivity index (χ2v) is 12.1. The van der Waals surface area contributed by atoms with Crippen LogP contribution >= 0.6 is 0 Å². The zero-order valence-corrected chi connectivity index (χ0v) is 26.3. The van der Waals surface area contributed by atoms with Crippen molar-refractivity contribution in [3.05, 3.63) is 65.7 Å². The summed E-state index contributed by atoms with van der Waals surface area (Å²) in [5, 5.41) is 15.8. The lowest BCUT2D eigenvalue weighted by Gasteiger charge is -2.30. The molecule has 0 aliphatic carbocycles. The molecule has 236 valence electrons. The number of hydrogen-bond donors (Lipinski definition) is 3. The van der Waals surface area contributed by atoms with Gasteiger partial charge in [0.05, 0.1) is 12.1 Å². The van der Waals surface area contributed by atoms with Crippen molar-refractivity contribution in [1.82, 2.24) is 20.4 Å². The minimum absolute atomic E-state index is 0.170. The third kappa shape index (κ3) is 12.0. The first-order valence-corrected chi connectivity index (χ1v) is 15.6. The van der Waals surface area contributed by atoms with Crippen molar-refractivity contribution in [3.63, 3.8) is 0 Å². The number of aliphatic hydroxyl groups excluding tert-OH is 1. The number of nitrogens with zero attached hydrogens (tertiary/aromatic N) is 2. The number of carbonyl (C=O) groups is 3. The molecule has 9 nitrogen and oxygen atoms in total. The first-order valence-electron chi connectivity index (χ1n) is 15.6. The molecule has 1 saturated heterocycles. The van der Waals surface area contributed by atoms with Crippen LogP contribution in [0.1, 0.15) is 64.0 Å². The summed E-state index contributed by atoms with van der Waals surface area (Å²) in [5.74, 6) is 0.719. The second kappa shape index (κ2) is 17.6. The Balaban J connectivity index is 1.66. The molecule has 2 aromatic carbocycles. The van der Waals surface area contributed by atoms with E-state index in [1.54, 1.807) is 6.92 Å². The van der Waals surface area contributed by atoms with Gasteiger partial charge in [0.2, 0.25) is 17.7 Å².